The highest BCUT2D eigenvalue weighted by Crippen LogP contribution is 2.33. The first-order valence-electron chi connectivity index (χ1n) is 10.1. The number of piperidine rings is 1. The molecule has 30 heavy (non-hydrogen) atoms. The van der Waals surface area contributed by atoms with E-state index in [1.807, 2.05) is 42.5 Å². The molecule has 0 saturated carbocycles. The van der Waals surface area contributed by atoms with E-state index in [0.717, 1.165) is 24.0 Å². The molecule has 1 saturated heterocycles. The molecule has 1 aromatic carbocycles. The highest BCUT2D eigenvalue weighted by molar-refractivity contribution is 6.39. The Hall–Kier alpha value is -3.42. The van der Waals surface area contributed by atoms with Gasteiger partial charge >= 0.3 is 6.03 Å². The second-order valence-corrected chi connectivity index (χ2v) is 7.70. The van der Waals surface area contributed by atoms with Gasteiger partial charge in [-0.1, -0.05) is 35.5 Å². The van der Waals surface area contributed by atoms with E-state index in [4.69, 9.17) is 4.84 Å². The van der Waals surface area contributed by atoms with Crippen LogP contribution in [0.5, 0.6) is 0 Å². The zero-order valence-corrected chi connectivity index (χ0v) is 16.7. The van der Waals surface area contributed by atoms with Crippen molar-refractivity contribution in [2.75, 3.05) is 13.1 Å². The van der Waals surface area contributed by atoms with Crippen LogP contribution in [0, 0.1) is 0 Å². The van der Waals surface area contributed by atoms with Gasteiger partial charge in [-0.15, -0.1) is 0 Å². The van der Waals surface area contributed by atoms with Gasteiger partial charge in [0.1, 0.15) is 5.71 Å². The summed E-state index contributed by atoms with van der Waals surface area (Å²) in [5, 5.41) is 9.87. The number of amides is 3. The van der Waals surface area contributed by atoms with Crippen molar-refractivity contribution in [3.63, 3.8) is 0 Å². The third-order valence-corrected chi connectivity index (χ3v) is 5.42. The molecule has 1 fully saturated rings. The molecule has 8 heteroatoms. The summed E-state index contributed by atoms with van der Waals surface area (Å²) in [5.74, 6) is -0.241. The van der Waals surface area contributed by atoms with E-state index in [0.29, 0.717) is 38.3 Å². The van der Waals surface area contributed by atoms with Crippen molar-refractivity contribution >= 4 is 17.6 Å². The maximum absolute atomic E-state index is 12.6. The number of nitrogens with zero attached hydrogens (tertiary/aromatic N) is 3. The third kappa shape index (κ3) is 4.76. The second-order valence-electron chi connectivity index (χ2n) is 7.70. The lowest BCUT2D eigenvalue weighted by Gasteiger charge is -2.38. The topological polar surface area (TPSA) is 95.9 Å². The second kappa shape index (κ2) is 8.94. The van der Waals surface area contributed by atoms with Crippen molar-refractivity contribution in [1.82, 2.24) is 20.5 Å². The predicted octanol–water partition coefficient (Wildman–Crippen LogP) is 2.22. The molecule has 2 aromatic rings. The number of carbonyl (C=O) groups excluding carboxylic acids is 2. The van der Waals surface area contributed by atoms with Crippen LogP contribution in [0.2, 0.25) is 0 Å². The number of hydrogen-bond donors (Lipinski definition) is 2. The number of hydrogen-bond acceptors (Lipinski definition) is 5. The number of likely N-dealkylation sites (tertiary alicyclic amines) is 1. The summed E-state index contributed by atoms with van der Waals surface area (Å²) in [6.07, 6.45) is 5.34. The minimum Gasteiger partial charge on any atom is -0.386 e. The Balaban J connectivity index is 1.28. The van der Waals surface area contributed by atoms with Gasteiger partial charge in [0.15, 0.2) is 5.60 Å². The van der Waals surface area contributed by atoms with Crippen molar-refractivity contribution in [2.45, 2.75) is 38.0 Å². The molecule has 3 heterocycles. The fraction of sp³-hybridized carbons (Fsp3) is 0.364. The summed E-state index contributed by atoms with van der Waals surface area (Å²) in [6, 6.07) is 13.4. The van der Waals surface area contributed by atoms with Crippen LogP contribution in [-0.4, -0.2) is 46.2 Å². The van der Waals surface area contributed by atoms with Gasteiger partial charge in [0.25, 0.3) is 5.91 Å². The van der Waals surface area contributed by atoms with E-state index >= 15 is 0 Å². The van der Waals surface area contributed by atoms with Crippen LogP contribution in [-0.2, 0) is 22.7 Å². The zero-order chi connectivity index (χ0) is 20.8. The first kappa shape index (κ1) is 19.9. The summed E-state index contributed by atoms with van der Waals surface area (Å²) in [5.41, 5.74) is 1.76. The Morgan fingerprint density at radius 2 is 1.77 bits per heavy atom. The van der Waals surface area contributed by atoms with E-state index in [1.165, 1.54) is 0 Å². The van der Waals surface area contributed by atoms with Gasteiger partial charge in [0.2, 0.25) is 0 Å². The van der Waals surface area contributed by atoms with E-state index < -0.39 is 5.60 Å². The highest BCUT2D eigenvalue weighted by Gasteiger charge is 2.45. The number of rotatable bonds is 5. The minimum absolute atomic E-state index is 0.128. The van der Waals surface area contributed by atoms with E-state index in [2.05, 4.69) is 20.8 Å². The molecule has 1 unspecified atom stereocenters. The standard InChI is InChI=1S/C22H25N5O3/c28-20(24-14-18-7-10-23-11-8-18)19-13-22(30-26-19)9-4-12-27(16-22)21(29)25-15-17-5-2-1-3-6-17/h1-3,5-8,10-11H,4,9,12-16H2,(H,24,28)(H,25,29). The van der Waals surface area contributed by atoms with E-state index in [1.54, 1.807) is 17.3 Å². The normalized spacial score (nSPS) is 20.4. The molecule has 4 rings (SSSR count). The Bertz CT molecular complexity index is 919. The summed E-state index contributed by atoms with van der Waals surface area (Å²) in [4.78, 5) is 36.5. The fourth-order valence-electron chi connectivity index (χ4n) is 3.80. The molecule has 0 radical (unpaired) electrons. The molecule has 2 N–H and O–H groups in total. The van der Waals surface area contributed by atoms with Crippen molar-refractivity contribution in [3.8, 4) is 0 Å². The van der Waals surface area contributed by atoms with E-state index in [9.17, 15) is 9.59 Å². The lowest BCUT2D eigenvalue weighted by Crippen LogP contribution is -2.53. The summed E-state index contributed by atoms with van der Waals surface area (Å²) < 4.78 is 0. The van der Waals surface area contributed by atoms with Crippen molar-refractivity contribution in [2.24, 2.45) is 5.16 Å². The zero-order valence-electron chi connectivity index (χ0n) is 16.7. The molecule has 3 amide bonds. The van der Waals surface area contributed by atoms with Crippen LogP contribution in [0.3, 0.4) is 0 Å². The molecule has 0 aliphatic carbocycles. The average Bonchev–Trinajstić information content (AvgIpc) is 3.20. The lowest BCUT2D eigenvalue weighted by atomic mass is 9.88. The maximum atomic E-state index is 12.6. The molecule has 2 aliphatic heterocycles. The molecule has 1 atom stereocenters. The Labute approximate surface area is 175 Å². The van der Waals surface area contributed by atoms with Crippen LogP contribution < -0.4 is 10.6 Å². The Morgan fingerprint density at radius 3 is 2.57 bits per heavy atom. The number of carbonyl (C=O) groups is 2. The van der Waals surface area contributed by atoms with Gasteiger partial charge < -0.3 is 20.4 Å². The SMILES string of the molecule is O=C(NCc1ccncc1)C1=NOC2(CCCN(C(=O)NCc3ccccc3)C2)C1. The number of nitrogens with one attached hydrogen (secondary N) is 2. The predicted molar refractivity (Wildman–Crippen MR) is 111 cm³/mol. The monoisotopic (exact) mass is 407 g/mol. The first-order chi connectivity index (χ1) is 14.6. The largest absolute Gasteiger partial charge is 0.386 e. The summed E-state index contributed by atoms with van der Waals surface area (Å²) in [7, 11) is 0. The van der Waals surface area contributed by atoms with Crippen molar-refractivity contribution in [1.29, 1.82) is 0 Å². The maximum Gasteiger partial charge on any atom is 0.317 e. The Morgan fingerprint density at radius 1 is 1.03 bits per heavy atom. The molecular weight excluding hydrogens is 382 g/mol. The number of pyridine rings is 1. The molecule has 0 bridgehead atoms. The van der Waals surface area contributed by atoms with Crippen molar-refractivity contribution in [3.05, 3.63) is 66.0 Å². The first-order valence-corrected chi connectivity index (χ1v) is 10.1. The fourth-order valence-corrected chi connectivity index (χ4v) is 3.80. The highest BCUT2D eigenvalue weighted by atomic mass is 16.7. The smallest absolute Gasteiger partial charge is 0.317 e. The van der Waals surface area contributed by atoms with Gasteiger partial charge in [0, 0.05) is 38.4 Å². The molecule has 2 aliphatic rings. The third-order valence-electron chi connectivity index (χ3n) is 5.42. The molecule has 1 spiro atoms. The Kier molecular flexibility index (Phi) is 5.92. The van der Waals surface area contributed by atoms with Crippen LogP contribution in [0.1, 0.15) is 30.4 Å². The van der Waals surface area contributed by atoms with Gasteiger partial charge in [-0.05, 0) is 36.1 Å². The van der Waals surface area contributed by atoms with Gasteiger partial charge in [-0.25, -0.2) is 4.79 Å². The van der Waals surface area contributed by atoms with Crippen LogP contribution >= 0.6 is 0 Å². The average molecular weight is 407 g/mol. The van der Waals surface area contributed by atoms with Crippen LogP contribution in [0.25, 0.3) is 0 Å². The van der Waals surface area contributed by atoms with Gasteiger partial charge in [-0.3, -0.25) is 9.78 Å². The molecule has 1 aromatic heterocycles. The van der Waals surface area contributed by atoms with Gasteiger partial charge in [-0.2, -0.15) is 0 Å². The van der Waals surface area contributed by atoms with Crippen LogP contribution in [0.15, 0.2) is 60.0 Å². The number of urea groups is 1. The van der Waals surface area contributed by atoms with E-state index in [-0.39, 0.29) is 11.9 Å². The summed E-state index contributed by atoms with van der Waals surface area (Å²) in [6.45, 7) is 1.96. The van der Waals surface area contributed by atoms with Crippen molar-refractivity contribution < 1.29 is 14.4 Å². The number of aromatic nitrogens is 1. The summed E-state index contributed by atoms with van der Waals surface area (Å²) >= 11 is 0. The number of benzene rings is 1. The van der Waals surface area contributed by atoms with Crippen LogP contribution in [0.4, 0.5) is 4.79 Å². The molecule has 8 nitrogen and oxygen atoms in total. The number of oxime groups is 1. The lowest BCUT2D eigenvalue weighted by molar-refractivity contribution is -0.115. The molecular formula is C22H25N5O3. The molecule has 156 valence electrons. The quantitative estimate of drug-likeness (QED) is 0.794. The van der Waals surface area contributed by atoms with Gasteiger partial charge in [0.05, 0.1) is 6.54 Å². The minimum atomic E-state index is -0.619.